The number of halogens is 5. The predicted molar refractivity (Wildman–Crippen MR) is 59.7 cm³/mol. The molecule has 0 saturated carbocycles. The Morgan fingerprint density at radius 1 is 1.05 bits per heavy atom. The number of rotatable bonds is 2. The molecule has 2 rings (SSSR count). The second kappa shape index (κ2) is 5.16. The van der Waals surface area contributed by atoms with Crippen LogP contribution in [0.25, 0.3) is 0 Å². The third kappa shape index (κ3) is 2.77. The van der Waals surface area contributed by atoms with Crippen molar-refractivity contribution in [2.24, 2.45) is 0 Å². The zero-order valence-electron chi connectivity index (χ0n) is 9.83. The highest BCUT2D eigenvalue weighted by molar-refractivity contribution is 5.29. The highest BCUT2D eigenvalue weighted by Crippen LogP contribution is 2.30. The Balaban J connectivity index is 2.34. The minimum atomic E-state index is -4.55. The van der Waals surface area contributed by atoms with Gasteiger partial charge in [-0.05, 0) is 18.2 Å². The van der Waals surface area contributed by atoms with Gasteiger partial charge < -0.3 is 5.11 Å². The molecule has 2 aromatic rings. The topological polar surface area (TPSA) is 33.1 Å². The van der Waals surface area contributed by atoms with E-state index in [2.05, 4.69) is 4.98 Å². The lowest BCUT2D eigenvalue weighted by molar-refractivity contribution is -0.137. The van der Waals surface area contributed by atoms with Crippen molar-refractivity contribution in [1.29, 1.82) is 0 Å². The summed E-state index contributed by atoms with van der Waals surface area (Å²) in [7, 11) is 0. The summed E-state index contributed by atoms with van der Waals surface area (Å²) in [6.45, 7) is 0. The van der Waals surface area contributed by atoms with Crippen LogP contribution in [0.5, 0.6) is 0 Å². The van der Waals surface area contributed by atoms with E-state index in [0.717, 1.165) is 18.2 Å². The second-order valence-electron chi connectivity index (χ2n) is 4.02. The fourth-order valence-electron chi connectivity index (χ4n) is 1.63. The summed E-state index contributed by atoms with van der Waals surface area (Å²) in [5.74, 6) is -2.42. The van der Waals surface area contributed by atoms with E-state index in [1.807, 2.05) is 0 Å². The quantitative estimate of drug-likeness (QED) is 0.859. The van der Waals surface area contributed by atoms with Crippen molar-refractivity contribution >= 4 is 0 Å². The SMILES string of the molecule is OC(c1ccc(C(F)(F)F)cn1)c1cccc(F)c1F. The minimum Gasteiger partial charge on any atom is -0.382 e. The molecule has 0 spiro atoms. The van der Waals surface area contributed by atoms with Crippen LogP contribution in [0.4, 0.5) is 22.0 Å². The van der Waals surface area contributed by atoms with Crippen molar-refractivity contribution in [3.8, 4) is 0 Å². The van der Waals surface area contributed by atoms with Gasteiger partial charge in [0.1, 0.15) is 6.10 Å². The molecule has 1 aromatic heterocycles. The van der Waals surface area contributed by atoms with Crippen LogP contribution in [-0.2, 0) is 6.18 Å². The molecule has 106 valence electrons. The monoisotopic (exact) mass is 289 g/mol. The normalized spacial score (nSPS) is 13.3. The lowest BCUT2D eigenvalue weighted by Crippen LogP contribution is -2.09. The number of benzene rings is 1. The fourth-order valence-corrected chi connectivity index (χ4v) is 1.63. The van der Waals surface area contributed by atoms with Crippen molar-refractivity contribution in [3.63, 3.8) is 0 Å². The maximum absolute atomic E-state index is 13.5. The molecule has 0 aliphatic heterocycles. The zero-order valence-corrected chi connectivity index (χ0v) is 9.83. The number of aromatic nitrogens is 1. The van der Waals surface area contributed by atoms with Crippen molar-refractivity contribution in [1.82, 2.24) is 4.98 Å². The van der Waals surface area contributed by atoms with E-state index in [-0.39, 0.29) is 5.69 Å². The van der Waals surface area contributed by atoms with Gasteiger partial charge in [-0.3, -0.25) is 4.98 Å². The second-order valence-corrected chi connectivity index (χ2v) is 4.02. The van der Waals surface area contributed by atoms with Gasteiger partial charge in [0.25, 0.3) is 0 Å². The Morgan fingerprint density at radius 3 is 2.30 bits per heavy atom. The highest BCUT2D eigenvalue weighted by Gasteiger charge is 2.31. The number of hydrogen-bond donors (Lipinski definition) is 1. The highest BCUT2D eigenvalue weighted by atomic mass is 19.4. The Kier molecular flexibility index (Phi) is 3.71. The molecule has 0 aliphatic carbocycles. The molecule has 2 nitrogen and oxygen atoms in total. The van der Waals surface area contributed by atoms with Crippen LogP contribution in [0.3, 0.4) is 0 Å². The maximum Gasteiger partial charge on any atom is 0.417 e. The molecule has 0 saturated heterocycles. The summed E-state index contributed by atoms with van der Waals surface area (Å²) in [5.41, 5.74) is -1.59. The van der Waals surface area contributed by atoms with Crippen LogP contribution in [0, 0.1) is 11.6 Å². The molecule has 20 heavy (non-hydrogen) atoms. The van der Waals surface area contributed by atoms with E-state index in [9.17, 15) is 27.1 Å². The molecule has 0 fully saturated rings. The minimum absolute atomic E-state index is 0.206. The van der Waals surface area contributed by atoms with E-state index >= 15 is 0 Å². The first-order valence-electron chi connectivity index (χ1n) is 5.46. The van der Waals surface area contributed by atoms with Gasteiger partial charge in [-0.25, -0.2) is 8.78 Å². The predicted octanol–water partition coefficient (Wildman–Crippen LogP) is 3.46. The average Bonchev–Trinajstić information content (AvgIpc) is 2.40. The fraction of sp³-hybridized carbons (Fsp3) is 0.154. The number of hydrogen-bond acceptors (Lipinski definition) is 2. The summed E-state index contributed by atoms with van der Waals surface area (Å²) in [4.78, 5) is 3.43. The first-order chi connectivity index (χ1) is 9.30. The summed E-state index contributed by atoms with van der Waals surface area (Å²) in [6.07, 6.45) is -5.68. The van der Waals surface area contributed by atoms with Crippen LogP contribution >= 0.6 is 0 Å². The summed E-state index contributed by atoms with van der Waals surface area (Å²) in [6, 6.07) is 4.80. The largest absolute Gasteiger partial charge is 0.417 e. The average molecular weight is 289 g/mol. The molecule has 0 bridgehead atoms. The molecule has 1 aromatic carbocycles. The van der Waals surface area contributed by atoms with Crippen LogP contribution in [0.15, 0.2) is 36.5 Å². The van der Waals surface area contributed by atoms with Crippen LogP contribution in [-0.4, -0.2) is 10.1 Å². The van der Waals surface area contributed by atoms with E-state index in [0.29, 0.717) is 12.3 Å². The number of alkyl halides is 3. The lowest BCUT2D eigenvalue weighted by atomic mass is 10.0. The maximum atomic E-state index is 13.5. The zero-order chi connectivity index (χ0) is 14.9. The van der Waals surface area contributed by atoms with Crippen molar-refractivity contribution in [2.45, 2.75) is 12.3 Å². The molecular weight excluding hydrogens is 281 g/mol. The van der Waals surface area contributed by atoms with E-state index < -0.39 is 35.0 Å². The van der Waals surface area contributed by atoms with Gasteiger partial charge in [-0.1, -0.05) is 12.1 Å². The number of aliphatic hydroxyl groups excluding tert-OH is 1. The molecule has 7 heteroatoms. The molecule has 1 atom stereocenters. The molecule has 0 amide bonds. The van der Waals surface area contributed by atoms with Gasteiger partial charge in [0.2, 0.25) is 0 Å². The Bertz CT molecular complexity index is 609. The Hall–Kier alpha value is -2.02. The van der Waals surface area contributed by atoms with Gasteiger partial charge in [-0.15, -0.1) is 0 Å². The Morgan fingerprint density at radius 2 is 1.75 bits per heavy atom. The van der Waals surface area contributed by atoms with E-state index in [1.165, 1.54) is 6.07 Å². The van der Waals surface area contributed by atoms with E-state index in [4.69, 9.17) is 0 Å². The molecular formula is C13H8F5NO. The van der Waals surface area contributed by atoms with Gasteiger partial charge in [-0.2, -0.15) is 13.2 Å². The van der Waals surface area contributed by atoms with Crippen LogP contribution in [0.2, 0.25) is 0 Å². The molecule has 0 radical (unpaired) electrons. The third-order valence-electron chi connectivity index (χ3n) is 2.67. The number of aliphatic hydroxyl groups is 1. The van der Waals surface area contributed by atoms with Gasteiger partial charge >= 0.3 is 6.18 Å². The smallest absolute Gasteiger partial charge is 0.382 e. The lowest BCUT2D eigenvalue weighted by Gasteiger charge is -2.13. The Labute approximate surface area is 110 Å². The van der Waals surface area contributed by atoms with Crippen LogP contribution < -0.4 is 0 Å². The van der Waals surface area contributed by atoms with Crippen molar-refractivity contribution in [3.05, 3.63) is 65.0 Å². The molecule has 1 N–H and O–H groups in total. The van der Waals surface area contributed by atoms with E-state index in [1.54, 1.807) is 0 Å². The third-order valence-corrected chi connectivity index (χ3v) is 2.67. The van der Waals surface area contributed by atoms with Gasteiger partial charge in [0.15, 0.2) is 11.6 Å². The summed E-state index contributed by atoms with van der Waals surface area (Å²) in [5, 5.41) is 9.84. The summed E-state index contributed by atoms with van der Waals surface area (Å²) >= 11 is 0. The van der Waals surface area contributed by atoms with Crippen molar-refractivity contribution in [2.75, 3.05) is 0 Å². The first-order valence-corrected chi connectivity index (χ1v) is 5.46. The van der Waals surface area contributed by atoms with Gasteiger partial charge in [0.05, 0.1) is 11.3 Å². The molecule has 0 aliphatic rings. The number of nitrogens with zero attached hydrogens (tertiary/aromatic N) is 1. The van der Waals surface area contributed by atoms with Gasteiger partial charge in [0, 0.05) is 11.8 Å². The van der Waals surface area contributed by atoms with Crippen molar-refractivity contribution < 1.29 is 27.1 Å². The summed E-state index contributed by atoms with van der Waals surface area (Å²) < 4.78 is 63.5. The molecule has 1 unspecified atom stereocenters. The van der Waals surface area contributed by atoms with Crippen LogP contribution in [0.1, 0.15) is 22.9 Å². The standard InChI is InChI=1S/C13H8F5NO/c14-9-3-1-2-8(11(9)15)12(20)10-5-4-7(6-19-10)13(16,17)18/h1-6,12,20H. The first kappa shape index (κ1) is 14.4. The number of pyridine rings is 1. The molecule has 1 heterocycles.